The van der Waals surface area contributed by atoms with Crippen LogP contribution in [-0.2, 0) is 11.2 Å². The van der Waals surface area contributed by atoms with Crippen molar-refractivity contribution >= 4 is 35.8 Å². The van der Waals surface area contributed by atoms with Crippen molar-refractivity contribution in [2.24, 2.45) is 4.99 Å². The van der Waals surface area contributed by atoms with Crippen LogP contribution in [0.15, 0.2) is 29.3 Å². The molecule has 158 valence electrons. The minimum atomic E-state index is 0. The summed E-state index contributed by atoms with van der Waals surface area (Å²) in [5, 5.41) is 6.69. The average Bonchev–Trinajstić information content (AvgIpc) is 2.69. The number of carbonyl (C=O) groups is 1. The van der Waals surface area contributed by atoms with Gasteiger partial charge in [0.05, 0.1) is 13.7 Å². The number of aliphatic imine (C=N–C) groups is 1. The lowest BCUT2D eigenvalue weighted by molar-refractivity contribution is -0.130. The number of methoxy groups -OCH3 is 1. The Bertz CT molecular complexity index is 601. The summed E-state index contributed by atoms with van der Waals surface area (Å²) in [4.78, 5) is 20.3. The molecule has 2 N–H and O–H groups in total. The number of nitrogens with one attached hydrogen (secondary N) is 2. The highest BCUT2D eigenvalue weighted by Gasteiger charge is 2.17. The molecular weight excluding hydrogens is 469 g/mol. The molecule has 0 aliphatic carbocycles. The van der Waals surface area contributed by atoms with Crippen LogP contribution in [0.1, 0.15) is 19.4 Å². The van der Waals surface area contributed by atoms with Crippen molar-refractivity contribution in [1.29, 1.82) is 0 Å². The van der Waals surface area contributed by atoms with Crippen LogP contribution < -0.4 is 15.4 Å². The smallest absolute Gasteiger partial charge is 0.219 e. The topological polar surface area (TPSA) is 69.2 Å². The molecule has 28 heavy (non-hydrogen) atoms. The van der Waals surface area contributed by atoms with Gasteiger partial charge in [0.15, 0.2) is 5.96 Å². The number of ether oxygens (including phenoxy) is 1. The van der Waals surface area contributed by atoms with Gasteiger partial charge in [-0.2, -0.15) is 0 Å². The highest BCUT2D eigenvalue weighted by Crippen LogP contribution is 2.11. The van der Waals surface area contributed by atoms with Crippen molar-refractivity contribution in [2.45, 2.75) is 20.3 Å². The number of benzene rings is 1. The van der Waals surface area contributed by atoms with Crippen molar-refractivity contribution in [2.75, 3.05) is 59.5 Å². The van der Waals surface area contributed by atoms with Crippen LogP contribution in [0.25, 0.3) is 0 Å². The summed E-state index contributed by atoms with van der Waals surface area (Å²) in [5.74, 6) is 1.90. The molecule has 1 fully saturated rings. The Hall–Kier alpha value is -1.55. The van der Waals surface area contributed by atoms with Gasteiger partial charge in [0.25, 0.3) is 0 Å². The van der Waals surface area contributed by atoms with E-state index < -0.39 is 0 Å². The van der Waals surface area contributed by atoms with Crippen LogP contribution in [0.3, 0.4) is 0 Å². The third-order valence-electron chi connectivity index (χ3n) is 4.71. The molecule has 0 saturated carbocycles. The molecule has 1 aliphatic heterocycles. The van der Waals surface area contributed by atoms with Gasteiger partial charge in [-0.05, 0) is 31.0 Å². The summed E-state index contributed by atoms with van der Waals surface area (Å²) < 4.78 is 5.19. The van der Waals surface area contributed by atoms with E-state index in [0.29, 0.717) is 0 Å². The summed E-state index contributed by atoms with van der Waals surface area (Å²) in [6.07, 6.45) is 0.932. The van der Waals surface area contributed by atoms with Gasteiger partial charge in [0.1, 0.15) is 5.75 Å². The van der Waals surface area contributed by atoms with Crippen LogP contribution in [0.4, 0.5) is 0 Å². The van der Waals surface area contributed by atoms with Gasteiger partial charge < -0.3 is 20.3 Å². The molecule has 8 heteroatoms. The van der Waals surface area contributed by atoms with Crippen LogP contribution in [0.5, 0.6) is 5.75 Å². The lowest BCUT2D eigenvalue weighted by atomic mass is 10.1. The summed E-state index contributed by atoms with van der Waals surface area (Å²) in [6, 6.07) is 8.15. The number of nitrogens with zero attached hydrogens (tertiary/aromatic N) is 3. The second kappa shape index (κ2) is 13.6. The van der Waals surface area contributed by atoms with Crippen molar-refractivity contribution in [3.63, 3.8) is 0 Å². The van der Waals surface area contributed by atoms with Gasteiger partial charge in [0, 0.05) is 52.7 Å². The molecule has 7 nitrogen and oxygen atoms in total. The number of guanidine groups is 1. The van der Waals surface area contributed by atoms with Crippen molar-refractivity contribution in [3.8, 4) is 5.75 Å². The molecule has 2 rings (SSSR count). The number of hydrogen-bond acceptors (Lipinski definition) is 4. The van der Waals surface area contributed by atoms with Crippen LogP contribution >= 0.6 is 24.0 Å². The van der Waals surface area contributed by atoms with Gasteiger partial charge in [-0.25, -0.2) is 0 Å². The van der Waals surface area contributed by atoms with Gasteiger partial charge in [-0.3, -0.25) is 14.7 Å². The number of amides is 1. The molecule has 0 aromatic heterocycles. The second-order valence-electron chi connectivity index (χ2n) is 6.63. The zero-order chi connectivity index (χ0) is 19.5. The Balaban J connectivity index is 0.00000392. The first kappa shape index (κ1) is 24.5. The monoisotopic (exact) mass is 503 g/mol. The largest absolute Gasteiger partial charge is 0.497 e. The zero-order valence-electron chi connectivity index (χ0n) is 17.2. The van der Waals surface area contributed by atoms with Crippen molar-refractivity contribution in [1.82, 2.24) is 20.4 Å². The fourth-order valence-electron chi connectivity index (χ4n) is 3.05. The summed E-state index contributed by atoms with van der Waals surface area (Å²) in [5.41, 5.74) is 1.27. The lowest BCUT2D eigenvalue weighted by Crippen LogP contribution is -2.48. The first-order chi connectivity index (χ1) is 13.1. The number of piperazine rings is 1. The van der Waals surface area contributed by atoms with Crippen molar-refractivity contribution in [3.05, 3.63) is 29.8 Å². The SMILES string of the molecule is CCNC(=NCCN1CCN(C(C)=O)CC1)NCCc1ccc(OC)cc1.I. The maximum atomic E-state index is 11.4. The Morgan fingerprint density at radius 3 is 2.39 bits per heavy atom. The van der Waals surface area contributed by atoms with E-state index in [0.717, 1.165) is 70.5 Å². The lowest BCUT2D eigenvalue weighted by Gasteiger charge is -2.33. The van der Waals surface area contributed by atoms with E-state index in [9.17, 15) is 4.79 Å². The minimum Gasteiger partial charge on any atom is -0.497 e. The van der Waals surface area contributed by atoms with Crippen LogP contribution in [0, 0.1) is 0 Å². The number of halogens is 1. The third kappa shape index (κ3) is 8.64. The predicted octanol–water partition coefficient (Wildman–Crippen LogP) is 1.57. The summed E-state index contributed by atoms with van der Waals surface area (Å²) >= 11 is 0. The van der Waals surface area contributed by atoms with E-state index in [2.05, 4.69) is 39.6 Å². The zero-order valence-corrected chi connectivity index (χ0v) is 19.6. The molecule has 1 aromatic carbocycles. The summed E-state index contributed by atoms with van der Waals surface area (Å²) in [7, 11) is 1.68. The Morgan fingerprint density at radius 1 is 1.14 bits per heavy atom. The third-order valence-corrected chi connectivity index (χ3v) is 4.71. The standard InChI is InChI=1S/C20H33N5O2.HI/c1-4-21-20(22-10-9-18-5-7-19(27-3)8-6-18)23-11-12-24-13-15-25(16-14-24)17(2)26;/h5-8H,4,9-16H2,1-3H3,(H2,21,22,23);1H. The fraction of sp³-hybridized carbons (Fsp3) is 0.600. The van der Waals surface area contributed by atoms with Gasteiger partial charge in [0.2, 0.25) is 5.91 Å². The van der Waals surface area contributed by atoms with E-state index in [-0.39, 0.29) is 29.9 Å². The van der Waals surface area contributed by atoms with Crippen LogP contribution in [-0.4, -0.2) is 81.1 Å². The minimum absolute atomic E-state index is 0. The van der Waals surface area contributed by atoms with Crippen LogP contribution in [0.2, 0.25) is 0 Å². The van der Waals surface area contributed by atoms with Crippen molar-refractivity contribution < 1.29 is 9.53 Å². The van der Waals surface area contributed by atoms with E-state index in [1.807, 2.05) is 17.0 Å². The Labute approximate surface area is 185 Å². The Kier molecular flexibility index (Phi) is 11.9. The molecule has 1 aliphatic rings. The number of hydrogen-bond donors (Lipinski definition) is 2. The molecule has 1 saturated heterocycles. The molecule has 0 spiro atoms. The fourth-order valence-corrected chi connectivity index (χ4v) is 3.05. The molecule has 1 aromatic rings. The van der Waals surface area contributed by atoms with Gasteiger partial charge in [-0.1, -0.05) is 12.1 Å². The number of rotatable bonds is 8. The molecule has 0 atom stereocenters. The highest BCUT2D eigenvalue weighted by molar-refractivity contribution is 14.0. The average molecular weight is 503 g/mol. The molecule has 0 unspecified atom stereocenters. The predicted molar refractivity (Wildman–Crippen MR) is 125 cm³/mol. The number of carbonyl (C=O) groups excluding carboxylic acids is 1. The molecule has 0 bridgehead atoms. The van der Waals surface area contributed by atoms with E-state index in [1.165, 1.54) is 5.56 Å². The highest BCUT2D eigenvalue weighted by atomic mass is 127. The normalized spacial score (nSPS) is 15.0. The Morgan fingerprint density at radius 2 is 1.82 bits per heavy atom. The second-order valence-corrected chi connectivity index (χ2v) is 6.63. The maximum absolute atomic E-state index is 11.4. The first-order valence-corrected chi connectivity index (χ1v) is 9.75. The quantitative estimate of drug-likeness (QED) is 0.321. The molecule has 0 radical (unpaired) electrons. The van der Waals surface area contributed by atoms with E-state index in [4.69, 9.17) is 4.74 Å². The molecular formula is C20H34IN5O2. The maximum Gasteiger partial charge on any atom is 0.219 e. The van der Waals surface area contributed by atoms with E-state index >= 15 is 0 Å². The molecule has 1 heterocycles. The van der Waals surface area contributed by atoms with E-state index in [1.54, 1.807) is 14.0 Å². The van der Waals surface area contributed by atoms with Gasteiger partial charge in [-0.15, -0.1) is 24.0 Å². The molecule has 1 amide bonds. The van der Waals surface area contributed by atoms with Gasteiger partial charge >= 0.3 is 0 Å². The first-order valence-electron chi connectivity index (χ1n) is 9.75. The summed E-state index contributed by atoms with van der Waals surface area (Å²) in [6.45, 7) is 10.5.